The molecular formula is C28H43N5O8. The summed E-state index contributed by atoms with van der Waals surface area (Å²) in [4.78, 5) is 72.5. The van der Waals surface area contributed by atoms with E-state index in [2.05, 4.69) is 26.6 Å². The number of amides is 4. The van der Waals surface area contributed by atoms with Crippen LogP contribution in [0, 0.1) is 11.8 Å². The average Bonchev–Trinajstić information content (AvgIpc) is 2.90. The Labute approximate surface area is 240 Å². The Bertz CT molecular complexity index is 1060. The molecule has 1 aromatic rings. The molecule has 0 saturated carbocycles. The van der Waals surface area contributed by atoms with Crippen LogP contribution in [0.25, 0.3) is 0 Å². The maximum atomic E-state index is 12.7. The predicted octanol–water partition coefficient (Wildman–Crippen LogP) is 0.929. The number of anilines is 1. The van der Waals surface area contributed by atoms with Crippen molar-refractivity contribution >= 4 is 41.3 Å². The minimum Gasteiger partial charge on any atom is -0.481 e. The number of rotatable bonds is 17. The minimum atomic E-state index is -1.04. The number of esters is 1. The van der Waals surface area contributed by atoms with Gasteiger partial charge in [0, 0.05) is 18.2 Å². The van der Waals surface area contributed by atoms with Crippen LogP contribution in [-0.4, -0.2) is 71.9 Å². The van der Waals surface area contributed by atoms with Gasteiger partial charge >= 0.3 is 11.9 Å². The second-order valence-electron chi connectivity index (χ2n) is 10.5. The molecule has 41 heavy (non-hydrogen) atoms. The summed E-state index contributed by atoms with van der Waals surface area (Å²) >= 11 is 0. The molecule has 0 spiro atoms. The van der Waals surface area contributed by atoms with Crippen LogP contribution in [0.5, 0.6) is 0 Å². The van der Waals surface area contributed by atoms with Gasteiger partial charge in [0.1, 0.15) is 12.6 Å². The van der Waals surface area contributed by atoms with E-state index in [1.165, 1.54) is 0 Å². The molecule has 0 fully saturated rings. The number of carboxylic acid groups (broad SMARTS) is 1. The fourth-order valence-corrected chi connectivity index (χ4v) is 3.50. The smallest absolute Gasteiger partial charge is 0.308 e. The van der Waals surface area contributed by atoms with Crippen molar-refractivity contribution in [3.8, 4) is 0 Å². The summed E-state index contributed by atoms with van der Waals surface area (Å²) < 4.78 is 5.17. The third-order valence-electron chi connectivity index (χ3n) is 5.70. The van der Waals surface area contributed by atoms with Gasteiger partial charge in [-0.05, 0) is 30.0 Å². The summed E-state index contributed by atoms with van der Waals surface area (Å²) in [6.45, 7) is 9.92. The number of hydrogen-bond acceptors (Lipinski definition) is 8. The van der Waals surface area contributed by atoms with E-state index in [1.54, 1.807) is 52.0 Å². The van der Waals surface area contributed by atoms with Gasteiger partial charge in [-0.2, -0.15) is 0 Å². The maximum Gasteiger partial charge on any atom is 0.308 e. The first kappa shape index (κ1) is 35.0. The minimum absolute atomic E-state index is 0.0535. The van der Waals surface area contributed by atoms with Crippen LogP contribution in [0.1, 0.15) is 59.9 Å². The van der Waals surface area contributed by atoms with Gasteiger partial charge in [-0.3, -0.25) is 28.8 Å². The molecule has 1 aromatic carbocycles. The summed E-state index contributed by atoms with van der Waals surface area (Å²) in [5.74, 6) is -4.08. The van der Waals surface area contributed by atoms with Crippen molar-refractivity contribution in [2.75, 3.05) is 18.4 Å². The monoisotopic (exact) mass is 577 g/mol. The molecule has 0 aliphatic rings. The highest BCUT2D eigenvalue weighted by atomic mass is 16.5. The second-order valence-corrected chi connectivity index (χ2v) is 10.5. The highest BCUT2D eigenvalue weighted by Crippen LogP contribution is 2.11. The van der Waals surface area contributed by atoms with Gasteiger partial charge in [0.25, 0.3) is 0 Å². The molecule has 0 heterocycles. The van der Waals surface area contributed by atoms with Gasteiger partial charge in [0.15, 0.2) is 0 Å². The predicted molar refractivity (Wildman–Crippen MR) is 151 cm³/mol. The van der Waals surface area contributed by atoms with Gasteiger partial charge in [-0.1, -0.05) is 53.7 Å². The Morgan fingerprint density at radius 3 is 1.95 bits per heavy atom. The number of carbonyl (C=O) groups is 6. The van der Waals surface area contributed by atoms with Crippen LogP contribution in [0.2, 0.25) is 0 Å². The number of hydrogen-bond donors (Lipinski definition) is 6. The third kappa shape index (κ3) is 14.3. The molecule has 0 aromatic heterocycles. The maximum absolute atomic E-state index is 12.7. The average molecular weight is 578 g/mol. The molecule has 0 radical (unpaired) electrons. The molecule has 2 atom stereocenters. The summed E-state index contributed by atoms with van der Waals surface area (Å²) in [5.41, 5.74) is 1.24. The van der Waals surface area contributed by atoms with Crippen molar-refractivity contribution in [3.63, 3.8) is 0 Å². The van der Waals surface area contributed by atoms with Crippen molar-refractivity contribution in [3.05, 3.63) is 29.8 Å². The standard InChI is InChI=1S/C28H43N5O8/c1-16(2)25(33-23(35)14-29-26(38)21(31-18(5)6)11-12-24(36)37)27(39)30-13-22(34)32-20-9-7-19(8-10-20)15-41-28(40)17(3)4/h7-10,16-18,21,25,31H,11-15H2,1-6H3,(H,29,38)(H,30,39)(H,32,34)(H,33,35)(H,36,37). The van der Waals surface area contributed by atoms with Crippen molar-refractivity contribution in [1.29, 1.82) is 0 Å². The van der Waals surface area contributed by atoms with E-state index in [-0.39, 0.29) is 49.8 Å². The molecule has 13 heteroatoms. The zero-order chi connectivity index (χ0) is 31.1. The number of carbonyl (C=O) groups excluding carboxylic acids is 5. The molecule has 13 nitrogen and oxygen atoms in total. The lowest BCUT2D eigenvalue weighted by Gasteiger charge is -2.23. The van der Waals surface area contributed by atoms with Crippen LogP contribution in [0.3, 0.4) is 0 Å². The van der Waals surface area contributed by atoms with E-state index >= 15 is 0 Å². The van der Waals surface area contributed by atoms with Crippen LogP contribution >= 0.6 is 0 Å². The van der Waals surface area contributed by atoms with Crippen molar-refractivity contribution in [1.82, 2.24) is 21.3 Å². The highest BCUT2D eigenvalue weighted by molar-refractivity contribution is 5.96. The first-order valence-corrected chi connectivity index (χ1v) is 13.6. The number of aliphatic carboxylic acids is 1. The Morgan fingerprint density at radius 1 is 0.829 bits per heavy atom. The summed E-state index contributed by atoms with van der Waals surface area (Å²) in [7, 11) is 0. The summed E-state index contributed by atoms with van der Waals surface area (Å²) in [6.07, 6.45) is -0.161. The Balaban J connectivity index is 2.56. The van der Waals surface area contributed by atoms with Crippen LogP contribution < -0.4 is 26.6 Å². The topological polar surface area (TPSA) is 192 Å². The largest absolute Gasteiger partial charge is 0.481 e. The first-order chi connectivity index (χ1) is 19.2. The number of benzene rings is 1. The van der Waals surface area contributed by atoms with Crippen molar-refractivity contribution < 1.29 is 38.6 Å². The summed E-state index contributed by atoms with van der Waals surface area (Å²) in [6, 6.07) is 4.87. The van der Waals surface area contributed by atoms with Crippen LogP contribution in [-0.2, 0) is 40.1 Å². The Hall–Kier alpha value is -4.00. The fourth-order valence-electron chi connectivity index (χ4n) is 3.50. The molecular weight excluding hydrogens is 534 g/mol. The van der Waals surface area contributed by atoms with Crippen LogP contribution in [0.15, 0.2) is 24.3 Å². The molecule has 0 saturated heterocycles. The normalized spacial score (nSPS) is 12.4. The lowest BCUT2D eigenvalue weighted by atomic mass is 10.0. The number of ether oxygens (including phenoxy) is 1. The summed E-state index contributed by atoms with van der Waals surface area (Å²) in [5, 5.41) is 22.1. The molecule has 6 N–H and O–H groups in total. The molecule has 0 bridgehead atoms. The lowest BCUT2D eigenvalue weighted by Crippen LogP contribution is -2.54. The van der Waals surface area contributed by atoms with Crippen molar-refractivity contribution in [2.24, 2.45) is 11.8 Å². The van der Waals surface area contributed by atoms with E-state index in [4.69, 9.17) is 9.84 Å². The van der Waals surface area contributed by atoms with E-state index < -0.39 is 48.2 Å². The van der Waals surface area contributed by atoms with E-state index in [0.29, 0.717) is 5.69 Å². The van der Waals surface area contributed by atoms with Gasteiger partial charge in [-0.25, -0.2) is 0 Å². The molecule has 228 valence electrons. The zero-order valence-electron chi connectivity index (χ0n) is 24.5. The Morgan fingerprint density at radius 2 is 1.41 bits per heavy atom. The van der Waals surface area contributed by atoms with Crippen LogP contribution in [0.4, 0.5) is 5.69 Å². The highest BCUT2D eigenvalue weighted by Gasteiger charge is 2.26. The molecule has 2 unspecified atom stereocenters. The SMILES string of the molecule is CC(C)NC(CCC(=O)O)C(=O)NCC(=O)NC(C(=O)NCC(=O)Nc1ccc(COC(=O)C(C)C)cc1)C(C)C. The third-order valence-corrected chi connectivity index (χ3v) is 5.70. The molecule has 4 amide bonds. The lowest BCUT2D eigenvalue weighted by molar-refractivity contribution is -0.148. The second kappa shape index (κ2) is 17.6. The van der Waals surface area contributed by atoms with Gasteiger partial charge < -0.3 is 36.4 Å². The molecule has 0 aliphatic carbocycles. The van der Waals surface area contributed by atoms with Gasteiger partial charge in [0.2, 0.25) is 23.6 Å². The zero-order valence-corrected chi connectivity index (χ0v) is 24.5. The number of nitrogens with one attached hydrogen (secondary N) is 5. The van der Waals surface area contributed by atoms with E-state index in [1.807, 2.05) is 13.8 Å². The van der Waals surface area contributed by atoms with E-state index in [9.17, 15) is 28.8 Å². The molecule has 1 rings (SSSR count). The molecule has 0 aliphatic heterocycles. The fraction of sp³-hybridized carbons (Fsp3) is 0.571. The Kier molecular flexibility index (Phi) is 15.1. The quantitative estimate of drug-likeness (QED) is 0.146. The first-order valence-electron chi connectivity index (χ1n) is 13.6. The van der Waals surface area contributed by atoms with Gasteiger partial charge in [-0.15, -0.1) is 0 Å². The van der Waals surface area contributed by atoms with Crippen molar-refractivity contribution in [2.45, 2.75) is 79.1 Å². The van der Waals surface area contributed by atoms with E-state index in [0.717, 1.165) is 5.56 Å². The van der Waals surface area contributed by atoms with Gasteiger partial charge in [0.05, 0.1) is 25.0 Å². The number of carboxylic acids is 1.